The number of carbonyl (C=O) groups excluding carboxylic acids is 1. The van der Waals surface area contributed by atoms with Crippen LogP contribution >= 0.6 is 11.3 Å². The van der Waals surface area contributed by atoms with Gasteiger partial charge in [0.25, 0.3) is 0 Å². The largest absolute Gasteiger partial charge is 0.450 e. The molecule has 10 heteroatoms. The number of benzene rings is 1. The molecule has 0 amide bonds. The predicted molar refractivity (Wildman–Crippen MR) is 111 cm³/mol. The highest BCUT2D eigenvalue weighted by Gasteiger charge is 2.40. The van der Waals surface area contributed by atoms with Crippen LogP contribution in [-0.2, 0) is 11.0 Å². The first-order valence-electron chi connectivity index (χ1n) is 9.52. The molecule has 3 rings (SSSR count). The van der Waals surface area contributed by atoms with Crippen LogP contribution in [0.2, 0.25) is 0 Å². The summed E-state index contributed by atoms with van der Waals surface area (Å²) in [5.74, 6) is -2.37. The van der Waals surface area contributed by atoms with Crippen LogP contribution < -0.4 is 15.9 Å². The Labute approximate surface area is 179 Å². The molecule has 2 heterocycles. The Hall–Kier alpha value is -2.72. The smallest absolute Gasteiger partial charge is 0.450 e. The van der Waals surface area contributed by atoms with E-state index in [0.29, 0.717) is 17.0 Å². The number of nitrogens with two attached hydrogens (primary N) is 1. The van der Waals surface area contributed by atoms with Crippen molar-refractivity contribution in [3.63, 3.8) is 0 Å². The van der Waals surface area contributed by atoms with Gasteiger partial charge in [-0.05, 0) is 31.4 Å². The van der Waals surface area contributed by atoms with Gasteiger partial charge in [0, 0.05) is 11.4 Å². The molecule has 0 saturated heterocycles. The van der Waals surface area contributed by atoms with Gasteiger partial charge in [-0.1, -0.05) is 20.3 Å². The molecule has 2 unspecified atom stereocenters. The second kappa shape index (κ2) is 8.43. The highest BCUT2D eigenvalue weighted by Crippen LogP contribution is 2.38. The average molecular weight is 454 g/mol. The molecule has 2 atom stereocenters. The summed E-state index contributed by atoms with van der Waals surface area (Å²) in [7, 11) is 0. The first-order valence-corrected chi connectivity index (χ1v) is 10.4. The second-order valence-electron chi connectivity index (χ2n) is 7.33. The Balaban J connectivity index is 2.18. The second-order valence-corrected chi connectivity index (χ2v) is 8.39. The summed E-state index contributed by atoms with van der Waals surface area (Å²) in [4.78, 5) is 29.4. The standard InChI is InChI=1S/C21H21F3N2O4S/c1-5-9(2)17(25)20(28)29-12-6-10(3)15-14(7-12)30-19(21(22,23)24)16(18(15)27)13-8-31-11(4)26-13/h6-9,17H,5,25H2,1-4H3. The van der Waals surface area contributed by atoms with Gasteiger partial charge in [-0.2, -0.15) is 13.2 Å². The lowest BCUT2D eigenvalue weighted by Gasteiger charge is -2.17. The Morgan fingerprint density at radius 1 is 1.32 bits per heavy atom. The van der Waals surface area contributed by atoms with Crippen molar-refractivity contribution >= 4 is 28.3 Å². The van der Waals surface area contributed by atoms with Crippen LogP contribution in [0.1, 0.15) is 36.6 Å². The highest BCUT2D eigenvalue weighted by atomic mass is 32.1. The fraction of sp³-hybridized carbons (Fsp3) is 0.381. The highest BCUT2D eigenvalue weighted by molar-refractivity contribution is 7.09. The lowest BCUT2D eigenvalue weighted by Crippen LogP contribution is -2.39. The van der Waals surface area contributed by atoms with E-state index in [1.165, 1.54) is 18.4 Å². The molecule has 0 spiro atoms. The van der Waals surface area contributed by atoms with Crippen LogP contribution in [0.25, 0.3) is 22.2 Å². The Bertz CT molecular complexity index is 1200. The van der Waals surface area contributed by atoms with Crippen LogP contribution in [0.4, 0.5) is 13.2 Å². The summed E-state index contributed by atoms with van der Waals surface area (Å²) in [6.45, 7) is 6.80. The van der Waals surface area contributed by atoms with Crippen molar-refractivity contribution in [1.82, 2.24) is 4.98 Å². The van der Waals surface area contributed by atoms with Crippen LogP contribution in [0.5, 0.6) is 5.75 Å². The number of hydrogen-bond acceptors (Lipinski definition) is 7. The maximum Gasteiger partial charge on any atom is 0.450 e. The maximum absolute atomic E-state index is 13.7. The SMILES string of the molecule is CCC(C)C(N)C(=O)Oc1cc(C)c2c(=O)c(-c3csc(C)n3)c(C(F)(F)F)oc2c1. The molecule has 2 aromatic heterocycles. The van der Waals surface area contributed by atoms with Gasteiger partial charge in [0.2, 0.25) is 11.2 Å². The lowest BCUT2D eigenvalue weighted by molar-refractivity contribution is -0.152. The zero-order valence-corrected chi connectivity index (χ0v) is 18.1. The predicted octanol–water partition coefficient (Wildman–Crippen LogP) is 4.83. The molecule has 6 nitrogen and oxygen atoms in total. The molecule has 31 heavy (non-hydrogen) atoms. The Kier molecular flexibility index (Phi) is 6.24. The number of esters is 1. The summed E-state index contributed by atoms with van der Waals surface area (Å²) in [6.07, 6.45) is -4.28. The molecule has 0 aliphatic rings. The fourth-order valence-electron chi connectivity index (χ4n) is 3.12. The average Bonchev–Trinajstić information content (AvgIpc) is 3.11. The summed E-state index contributed by atoms with van der Waals surface area (Å²) >= 11 is 1.12. The number of nitrogens with zero attached hydrogens (tertiary/aromatic N) is 1. The van der Waals surface area contributed by atoms with Crippen molar-refractivity contribution in [3.8, 4) is 17.0 Å². The molecule has 0 aliphatic carbocycles. The van der Waals surface area contributed by atoms with E-state index in [0.717, 1.165) is 17.4 Å². The van der Waals surface area contributed by atoms with Gasteiger partial charge in [-0.15, -0.1) is 11.3 Å². The minimum Gasteiger partial charge on any atom is -0.450 e. The number of rotatable bonds is 5. The summed E-state index contributed by atoms with van der Waals surface area (Å²) in [5, 5.41) is 1.85. The van der Waals surface area contributed by atoms with E-state index >= 15 is 0 Å². The molecule has 0 radical (unpaired) electrons. The van der Waals surface area contributed by atoms with E-state index in [9.17, 15) is 22.8 Å². The van der Waals surface area contributed by atoms with Gasteiger partial charge in [0.05, 0.1) is 21.7 Å². The lowest BCUT2D eigenvalue weighted by atomic mass is 10.0. The van der Waals surface area contributed by atoms with Crippen molar-refractivity contribution in [1.29, 1.82) is 0 Å². The van der Waals surface area contributed by atoms with Crippen LogP contribution in [0.3, 0.4) is 0 Å². The topological polar surface area (TPSA) is 95.4 Å². The van der Waals surface area contributed by atoms with Gasteiger partial charge >= 0.3 is 12.1 Å². The van der Waals surface area contributed by atoms with E-state index in [-0.39, 0.29) is 28.3 Å². The number of carbonyl (C=O) groups is 1. The number of halogens is 3. The third kappa shape index (κ3) is 4.49. The van der Waals surface area contributed by atoms with Gasteiger partial charge in [-0.25, -0.2) is 9.78 Å². The van der Waals surface area contributed by atoms with E-state index in [1.807, 2.05) is 6.92 Å². The zero-order chi connectivity index (χ0) is 23.1. The number of alkyl halides is 3. The van der Waals surface area contributed by atoms with E-state index in [4.69, 9.17) is 14.9 Å². The van der Waals surface area contributed by atoms with Gasteiger partial charge in [-0.3, -0.25) is 4.79 Å². The molecule has 3 aromatic rings. The molecule has 0 saturated carbocycles. The van der Waals surface area contributed by atoms with Crippen molar-refractivity contribution in [3.05, 3.63) is 44.1 Å². The zero-order valence-electron chi connectivity index (χ0n) is 17.3. The number of hydrogen-bond donors (Lipinski definition) is 1. The first kappa shape index (κ1) is 23.0. The van der Waals surface area contributed by atoms with Crippen molar-refractivity contribution in [2.45, 2.75) is 46.3 Å². The normalized spacial score (nSPS) is 13.9. The molecule has 166 valence electrons. The Morgan fingerprint density at radius 2 is 2.00 bits per heavy atom. The molecular formula is C21H21F3N2O4S. The van der Waals surface area contributed by atoms with Crippen LogP contribution in [0, 0.1) is 19.8 Å². The Morgan fingerprint density at radius 3 is 2.55 bits per heavy atom. The molecule has 0 aliphatic heterocycles. The summed E-state index contributed by atoms with van der Waals surface area (Å²) in [6, 6.07) is 1.59. The molecular weight excluding hydrogens is 433 g/mol. The fourth-order valence-corrected chi connectivity index (χ4v) is 3.73. The van der Waals surface area contributed by atoms with Crippen molar-refractivity contribution < 1.29 is 27.1 Å². The van der Waals surface area contributed by atoms with Crippen LogP contribution in [0.15, 0.2) is 26.7 Å². The minimum atomic E-state index is -4.93. The van der Waals surface area contributed by atoms with E-state index in [1.54, 1.807) is 13.8 Å². The third-order valence-corrected chi connectivity index (χ3v) is 5.82. The molecule has 0 bridgehead atoms. The quantitative estimate of drug-likeness (QED) is 0.438. The van der Waals surface area contributed by atoms with Gasteiger partial charge in [0.1, 0.15) is 17.4 Å². The van der Waals surface area contributed by atoms with Gasteiger partial charge < -0.3 is 14.9 Å². The van der Waals surface area contributed by atoms with Crippen molar-refractivity contribution in [2.24, 2.45) is 11.7 Å². The number of aromatic nitrogens is 1. The molecule has 0 fully saturated rings. The number of thiazole rings is 1. The number of aryl methyl sites for hydroxylation is 2. The maximum atomic E-state index is 13.7. The van der Waals surface area contributed by atoms with Crippen molar-refractivity contribution in [2.75, 3.05) is 0 Å². The van der Waals surface area contributed by atoms with E-state index in [2.05, 4.69) is 4.98 Å². The summed E-state index contributed by atoms with van der Waals surface area (Å²) < 4.78 is 51.6. The van der Waals surface area contributed by atoms with Crippen LogP contribution in [-0.4, -0.2) is 17.0 Å². The number of fused-ring (bicyclic) bond motifs is 1. The molecule has 2 N–H and O–H groups in total. The van der Waals surface area contributed by atoms with Gasteiger partial charge in [0.15, 0.2) is 0 Å². The minimum absolute atomic E-state index is 0.0420. The number of ether oxygens (including phenoxy) is 1. The summed E-state index contributed by atoms with van der Waals surface area (Å²) in [5.41, 5.74) is 4.22. The van der Waals surface area contributed by atoms with E-state index < -0.39 is 34.9 Å². The molecule has 1 aromatic carbocycles. The first-order chi connectivity index (χ1) is 14.4. The monoisotopic (exact) mass is 454 g/mol. The third-order valence-electron chi connectivity index (χ3n) is 5.05.